The highest BCUT2D eigenvalue weighted by Gasteiger charge is 2.33. The first-order valence-corrected chi connectivity index (χ1v) is 9.84. The Balaban J connectivity index is 1.39. The summed E-state index contributed by atoms with van der Waals surface area (Å²) in [5.41, 5.74) is 3.60. The van der Waals surface area contributed by atoms with Crippen LogP contribution in [-0.4, -0.2) is 24.5 Å². The lowest BCUT2D eigenvalue weighted by Crippen LogP contribution is -2.31. The zero-order valence-corrected chi connectivity index (χ0v) is 16.6. The molecule has 3 aromatic rings. The smallest absolute Gasteiger partial charge is 0.231 e. The number of nitrogens with zero attached hydrogens (tertiary/aromatic N) is 1. The van der Waals surface area contributed by atoms with E-state index in [1.807, 2.05) is 60.7 Å². The van der Waals surface area contributed by atoms with Crippen LogP contribution in [0.3, 0.4) is 0 Å². The predicted octanol–water partition coefficient (Wildman–Crippen LogP) is 4.66. The van der Waals surface area contributed by atoms with Crippen molar-refractivity contribution in [3.63, 3.8) is 0 Å². The Labute approximate surface area is 175 Å². The normalized spacial score (nSPS) is 16.6. The van der Waals surface area contributed by atoms with Crippen LogP contribution in [0.1, 0.15) is 27.0 Å². The van der Waals surface area contributed by atoms with Crippen molar-refractivity contribution in [2.75, 3.05) is 13.8 Å². The van der Waals surface area contributed by atoms with Gasteiger partial charge >= 0.3 is 0 Å². The molecule has 0 bridgehead atoms. The maximum atomic E-state index is 12.9. The van der Waals surface area contributed by atoms with Crippen LogP contribution in [-0.2, 0) is 13.1 Å². The minimum absolute atomic E-state index is 0.0936. The number of ether oxygens (including phenoxy) is 3. The second kappa shape index (κ2) is 7.69. The van der Waals surface area contributed by atoms with E-state index >= 15 is 0 Å². The Hall–Kier alpha value is -3.57. The molecule has 2 heterocycles. The molecule has 0 atom stereocenters. The molecule has 0 spiro atoms. The van der Waals surface area contributed by atoms with Crippen molar-refractivity contribution >= 4 is 11.9 Å². The van der Waals surface area contributed by atoms with Gasteiger partial charge in [0.1, 0.15) is 24.0 Å². The van der Waals surface area contributed by atoms with E-state index in [2.05, 4.69) is 4.90 Å². The van der Waals surface area contributed by atoms with Gasteiger partial charge < -0.3 is 14.2 Å². The Morgan fingerprint density at radius 2 is 1.83 bits per heavy atom. The molecule has 0 saturated carbocycles. The fourth-order valence-corrected chi connectivity index (χ4v) is 3.80. The van der Waals surface area contributed by atoms with Gasteiger partial charge in [-0.2, -0.15) is 0 Å². The third-order valence-electron chi connectivity index (χ3n) is 5.34. The van der Waals surface area contributed by atoms with Crippen molar-refractivity contribution in [2.45, 2.75) is 13.1 Å². The first-order chi connectivity index (χ1) is 14.7. The van der Waals surface area contributed by atoms with Crippen molar-refractivity contribution in [2.24, 2.45) is 0 Å². The maximum absolute atomic E-state index is 12.9. The highest BCUT2D eigenvalue weighted by atomic mass is 16.5. The number of fused-ring (bicyclic) bond motifs is 3. The molecule has 3 aromatic carbocycles. The molecule has 0 unspecified atom stereocenters. The molecule has 0 N–H and O–H groups in total. The molecule has 5 rings (SSSR count). The average Bonchev–Trinajstić information content (AvgIpc) is 3.11. The Kier molecular flexibility index (Phi) is 4.73. The Morgan fingerprint density at radius 3 is 2.60 bits per heavy atom. The van der Waals surface area contributed by atoms with Crippen LogP contribution in [0.15, 0.2) is 72.5 Å². The van der Waals surface area contributed by atoms with E-state index in [9.17, 15) is 4.79 Å². The van der Waals surface area contributed by atoms with Crippen molar-refractivity contribution in [3.8, 4) is 17.2 Å². The highest BCUT2D eigenvalue weighted by molar-refractivity contribution is 6.15. The lowest BCUT2D eigenvalue weighted by Gasteiger charge is -2.29. The molecule has 2 aliphatic heterocycles. The Morgan fingerprint density at radius 1 is 1.03 bits per heavy atom. The van der Waals surface area contributed by atoms with Crippen LogP contribution in [0.5, 0.6) is 17.2 Å². The summed E-state index contributed by atoms with van der Waals surface area (Å²) in [5.74, 6) is 2.47. The number of Topliss-reactive ketones (excluding diaryl/α,β-unsaturated/α-hetero) is 1. The Bertz CT molecular complexity index is 1120. The fourth-order valence-electron chi connectivity index (χ4n) is 3.80. The average molecular weight is 399 g/mol. The number of benzene rings is 3. The molecule has 0 aliphatic carbocycles. The number of carbonyl (C=O) groups is 1. The fraction of sp³-hybridized carbons (Fsp3) is 0.160. The number of carbonyl (C=O) groups excluding carboxylic acids is 1. The molecule has 0 fully saturated rings. The third kappa shape index (κ3) is 3.44. The molecule has 0 aromatic heterocycles. The molecule has 0 amide bonds. The summed E-state index contributed by atoms with van der Waals surface area (Å²) >= 11 is 0. The van der Waals surface area contributed by atoms with E-state index < -0.39 is 0 Å². The summed E-state index contributed by atoms with van der Waals surface area (Å²) in [5, 5.41) is 0. The van der Waals surface area contributed by atoms with Gasteiger partial charge in [-0.15, -0.1) is 0 Å². The van der Waals surface area contributed by atoms with E-state index in [4.69, 9.17) is 14.2 Å². The highest BCUT2D eigenvalue weighted by Crippen LogP contribution is 2.42. The number of methoxy groups -OCH3 is 1. The summed E-state index contributed by atoms with van der Waals surface area (Å²) in [6, 6.07) is 21.4. The van der Waals surface area contributed by atoms with Crippen LogP contribution in [0.2, 0.25) is 0 Å². The van der Waals surface area contributed by atoms with Gasteiger partial charge in [0.2, 0.25) is 5.78 Å². The van der Waals surface area contributed by atoms with E-state index in [-0.39, 0.29) is 5.78 Å². The van der Waals surface area contributed by atoms with Crippen LogP contribution in [0.25, 0.3) is 6.08 Å². The van der Waals surface area contributed by atoms with Gasteiger partial charge in [0.05, 0.1) is 18.2 Å². The lowest BCUT2D eigenvalue weighted by molar-refractivity contribution is 0.0872. The molecule has 0 radical (unpaired) electrons. The number of allylic oxidation sites excluding steroid dienone is 1. The monoisotopic (exact) mass is 399 g/mol. The summed E-state index contributed by atoms with van der Waals surface area (Å²) in [6.45, 7) is 1.86. The largest absolute Gasteiger partial charge is 0.497 e. The number of ketones is 1. The van der Waals surface area contributed by atoms with Crippen molar-refractivity contribution < 1.29 is 19.0 Å². The molecule has 2 aliphatic rings. The van der Waals surface area contributed by atoms with Gasteiger partial charge in [-0.25, -0.2) is 0 Å². The van der Waals surface area contributed by atoms with Gasteiger partial charge in [0.15, 0.2) is 5.76 Å². The van der Waals surface area contributed by atoms with E-state index in [0.29, 0.717) is 30.3 Å². The quantitative estimate of drug-likeness (QED) is 0.597. The summed E-state index contributed by atoms with van der Waals surface area (Å²) in [6.07, 6.45) is 1.79. The first-order valence-electron chi connectivity index (χ1n) is 9.84. The first kappa shape index (κ1) is 18.5. The van der Waals surface area contributed by atoms with Crippen LogP contribution < -0.4 is 14.2 Å². The molecular weight excluding hydrogens is 378 g/mol. The van der Waals surface area contributed by atoms with Crippen molar-refractivity contribution in [3.05, 3.63) is 94.7 Å². The van der Waals surface area contributed by atoms with Crippen LogP contribution in [0.4, 0.5) is 0 Å². The number of hydrogen-bond acceptors (Lipinski definition) is 5. The molecule has 0 saturated heterocycles. The SMILES string of the molecule is COc1ccc(CN2COc3ccc4c(c3C2)O/C(=C\c2ccccc2)C4=O)cc1. The van der Waals surface area contributed by atoms with Gasteiger partial charge in [0.25, 0.3) is 0 Å². The van der Waals surface area contributed by atoms with Crippen molar-refractivity contribution in [1.82, 2.24) is 4.90 Å². The van der Waals surface area contributed by atoms with Crippen LogP contribution >= 0.6 is 0 Å². The van der Waals surface area contributed by atoms with Crippen LogP contribution in [0, 0.1) is 0 Å². The molecular formula is C25H21NO4. The molecule has 5 heteroatoms. The minimum atomic E-state index is -0.0936. The molecule has 30 heavy (non-hydrogen) atoms. The predicted molar refractivity (Wildman–Crippen MR) is 114 cm³/mol. The molecule has 5 nitrogen and oxygen atoms in total. The molecule has 150 valence electrons. The van der Waals surface area contributed by atoms with Gasteiger partial charge in [0, 0.05) is 13.1 Å². The number of hydrogen-bond donors (Lipinski definition) is 0. The zero-order chi connectivity index (χ0) is 20.5. The number of rotatable bonds is 4. The summed E-state index contributed by atoms with van der Waals surface area (Å²) < 4.78 is 17.2. The minimum Gasteiger partial charge on any atom is -0.497 e. The van der Waals surface area contributed by atoms with Gasteiger partial charge in [-0.05, 0) is 41.5 Å². The summed E-state index contributed by atoms with van der Waals surface area (Å²) in [4.78, 5) is 15.0. The topological polar surface area (TPSA) is 48.0 Å². The third-order valence-corrected chi connectivity index (χ3v) is 5.34. The van der Waals surface area contributed by atoms with Gasteiger partial charge in [-0.3, -0.25) is 9.69 Å². The standard InChI is InChI=1S/C25H21NO4/c1-28-19-9-7-18(8-10-19)14-26-15-21-22(29-16-26)12-11-20-24(27)23(30-25(20)21)13-17-5-3-2-4-6-17/h2-13H,14-16H2,1H3/b23-13-. The summed E-state index contributed by atoms with van der Waals surface area (Å²) in [7, 11) is 1.66. The zero-order valence-electron chi connectivity index (χ0n) is 16.6. The van der Waals surface area contributed by atoms with E-state index in [1.165, 1.54) is 0 Å². The second-order valence-electron chi connectivity index (χ2n) is 7.38. The maximum Gasteiger partial charge on any atom is 0.231 e. The second-order valence-corrected chi connectivity index (χ2v) is 7.38. The lowest BCUT2D eigenvalue weighted by atomic mass is 10.0. The van der Waals surface area contributed by atoms with Crippen molar-refractivity contribution in [1.29, 1.82) is 0 Å². The van der Waals surface area contributed by atoms with Gasteiger partial charge in [-0.1, -0.05) is 42.5 Å². The van der Waals surface area contributed by atoms with E-state index in [1.54, 1.807) is 19.3 Å². The van der Waals surface area contributed by atoms with E-state index in [0.717, 1.165) is 34.7 Å².